The summed E-state index contributed by atoms with van der Waals surface area (Å²) in [5.74, 6) is -0.973. The topological polar surface area (TPSA) is 70.5 Å². The number of anilines is 1. The van der Waals surface area contributed by atoms with Crippen molar-refractivity contribution < 1.29 is 14.7 Å². The highest BCUT2D eigenvalue weighted by molar-refractivity contribution is 7.15. The minimum Gasteiger partial charge on any atom is -0.481 e. The van der Waals surface area contributed by atoms with Crippen molar-refractivity contribution in [3.8, 4) is 0 Å². The van der Waals surface area contributed by atoms with Crippen LogP contribution in [-0.2, 0) is 4.79 Å². The number of carboxylic acid groups (broad SMARTS) is 1. The standard InChI is InChI=1S/C12H16N2O3S/c1-7(15)10-8(2)18-12(13-10)14-5-3-9(4-6-14)11(16)17/h9H,3-6H2,1-2H3,(H,16,17). The quantitative estimate of drug-likeness (QED) is 0.848. The van der Waals surface area contributed by atoms with Gasteiger partial charge in [-0.3, -0.25) is 9.59 Å². The zero-order valence-electron chi connectivity index (χ0n) is 10.5. The molecule has 0 aliphatic carbocycles. The van der Waals surface area contributed by atoms with Crippen LogP contribution in [0.1, 0.15) is 35.1 Å². The molecule has 0 amide bonds. The van der Waals surface area contributed by atoms with E-state index in [1.165, 1.54) is 18.3 Å². The van der Waals surface area contributed by atoms with Gasteiger partial charge in [0.25, 0.3) is 0 Å². The number of thiazole rings is 1. The summed E-state index contributed by atoms with van der Waals surface area (Å²) >= 11 is 1.51. The van der Waals surface area contributed by atoms with E-state index in [2.05, 4.69) is 9.88 Å². The van der Waals surface area contributed by atoms with E-state index in [0.29, 0.717) is 31.6 Å². The molecule has 5 nitrogen and oxygen atoms in total. The highest BCUT2D eigenvalue weighted by Crippen LogP contribution is 2.29. The second-order valence-corrected chi connectivity index (χ2v) is 5.74. The SMILES string of the molecule is CC(=O)c1nc(N2CCC(C(=O)O)CC2)sc1C. The van der Waals surface area contributed by atoms with Gasteiger partial charge in [0.15, 0.2) is 10.9 Å². The Hall–Kier alpha value is -1.43. The molecular formula is C12H16N2O3S. The lowest BCUT2D eigenvalue weighted by molar-refractivity contribution is -0.142. The van der Waals surface area contributed by atoms with E-state index in [0.717, 1.165) is 10.0 Å². The third-order valence-electron chi connectivity index (χ3n) is 3.23. The summed E-state index contributed by atoms with van der Waals surface area (Å²) in [4.78, 5) is 29.6. The zero-order chi connectivity index (χ0) is 13.3. The first-order valence-corrected chi connectivity index (χ1v) is 6.77. The van der Waals surface area contributed by atoms with Crippen LogP contribution in [0.3, 0.4) is 0 Å². The van der Waals surface area contributed by atoms with Gasteiger partial charge in [-0.2, -0.15) is 0 Å². The van der Waals surface area contributed by atoms with Crippen LogP contribution in [0, 0.1) is 12.8 Å². The van der Waals surface area contributed by atoms with Gasteiger partial charge in [-0.05, 0) is 19.8 Å². The average molecular weight is 268 g/mol. The summed E-state index contributed by atoms with van der Waals surface area (Å²) in [6.07, 6.45) is 1.28. The van der Waals surface area contributed by atoms with E-state index >= 15 is 0 Å². The van der Waals surface area contributed by atoms with E-state index < -0.39 is 5.97 Å². The van der Waals surface area contributed by atoms with Gasteiger partial charge in [0.1, 0.15) is 5.69 Å². The van der Waals surface area contributed by atoms with Crippen LogP contribution in [-0.4, -0.2) is 34.9 Å². The third-order valence-corrected chi connectivity index (χ3v) is 4.27. The fraction of sp³-hybridized carbons (Fsp3) is 0.583. The summed E-state index contributed by atoms with van der Waals surface area (Å²) < 4.78 is 0. The van der Waals surface area contributed by atoms with Crippen LogP contribution in [0.2, 0.25) is 0 Å². The molecule has 0 spiro atoms. The van der Waals surface area contributed by atoms with Crippen LogP contribution >= 0.6 is 11.3 Å². The molecule has 6 heteroatoms. The van der Waals surface area contributed by atoms with Gasteiger partial charge in [0, 0.05) is 24.9 Å². The lowest BCUT2D eigenvalue weighted by atomic mass is 9.98. The number of piperidine rings is 1. The van der Waals surface area contributed by atoms with Crippen molar-refractivity contribution in [2.24, 2.45) is 5.92 Å². The average Bonchev–Trinajstić information content (AvgIpc) is 2.71. The van der Waals surface area contributed by atoms with E-state index in [1.54, 1.807) is 0 Å². The smallest absolute Gasteiger partial charge is 0.306 e. The highest BCUT2D eigenvalue weighted by atomic mass is 32.1. The minimum absolute atomic E-state index is 0.0181. The van der Waals surface area contributed by atoms with E-state index in [1.807, 2.05) is 6.92 Å². The molecular weight excluding hydrogens is 252 g/mol. The second kappa shape index (κ2) is 5.06. The molecule has 98 valence electrons. The van der Waals surface area contributed by atoms with Gasteiger partial charge in [-0.25, -0.2) is 4.98 Å². The molecule has 0 atom stereocenters. The zero-order valence-corrected chi connectivity index (χ0v) is 11.3. The number of carboxylic acids is 1. The monoisotopic (exact) mass is 268 g/mol. The number of aromatic nitrogens is 1. The van der Waals surface area contributed by atoms with Crippen LogP contribution < -0.4 is 4.90 Å². The number of hydrogen-bond donors (Lipinski definition) is 1. The molecule has 1 fully saturated rings. The van der Waals surface area contributed by atoms with Crippen molar-refractivity contribution >= 4 is 28.2 Å². The molecule has 0 bridgehead atoms. The number of carbonyl (C=O) groups excluding carboxylic acids is 1. The maximum Gasteiger partial charge on any atom is 0.306 e. The summed E-state index contributed by atoms with van der Waals surface area (Å²) in [7, 11) is 0. The Kier molecular flexibility index (Phi) is 3.65. The molecule has 1 aliphatic heterocycles. The first-order valence-electron chi connectivity index (χ1n) is 5.95. The highest BCUT2D eigenvalue weighted by Gasteiger charge is 2.26. The first kappa shape index (κ1) is 13.0. The predicted octanol–water partition coefficient (Wildman–Crippen LogP) is 1.96. The number of rotatable bonds is 3. The maximum atomic E-state index is 11.4. The first-order chi connectivity index (χ1) is 8.49. The third kappa shape index (κ3) is 2.53. The predicted molar refractivity (Wildman–Crippen MR) is 69.4 cm³/mol. The van der Waals surface area contributed by atoms with Crippen molar-refractivity contribution in [1.82, 2.24) is 4.98 Å². The number of nitrogens with zero attached hydrogens (tertiary/aromatic N) is 2. The number of carbonyl (C=O) groups is 2. The Morgan fingerprint density at radius 3 is 2.44 bits per heavy atom. The summed E-state index contributed by atoms with van der Waals surface area (Å²) in [5, 5.41) is 9.77. The van der Waals surface area contributed by atoms with E-state index in [4.69, 9.17) is 5.11 Å². The maximum absolute atomic E-state index is 11.4. The van der Waals surface area contributed by atoms with Crippen LogP contribution in [0.4, 0.5) is 5.13 Å². The summed E-state index contributed by atoms with van der Waals surface area (Å²) in [5.41, 5.74) is 0.537. The molecule has 1 saturated heterocycles. The van der Waals surface area contributed by atoms with Gasteiger partial charge < -0.3 is 10.0 Å². The number of ketones is 1. The van der Waals surface area contributed by atoms with Gasteiger partial charge in [0.2, 0.25) is 0 Å². The van der Waals surface area contributed by atoms with Gasteiger partial charge in [-0.15, -0.1) is 11.3 Å². The van der Waals surface area contributed by atoms with Crippen molar-refractivity contribution in [2.75, 3.05) is 18.0 Å². The lowest BCUT2D eigenvalue weighted by Crippen LogP contribution is -2.36. The number of hydrogen-bond acceptors (Lipinski definition) is 5. The van der Waals surface area contributed by atoms with Crippen LogP contribution in [0.25, 0.3) is 0 Å². The molecule has 0 unspecified atom stereocenters. The molecule has 2 heterocycles. The number of aryl methyl sites for hydroxylation is 1. The molecule has 0 saturated carbocycles. The second-order valence-electron chi connectivity index (χ2n) is 4.56. The van der Waals surface area contributed by atoms with Gasteiger partial charge >= 0.3 is 5.97 Å². The number of Topliss-reactive ketones (excluding diaryl/α,β-unsaturated/α-hetero) is 1. The largest absolute Gasteiger partial charge is 0.481 e. The van der Waals surface area contributed by atoms with E-state index in [-0.39, 0.29) is 11.7 Å². The minimum atomic E-state index is -0.714. The fourth-order valence-electron chi connectivity index (χ4n) is 2.16. The molecule has 1 N–H and O–H groups in total. The Bertz CT molecular complexity index is 476. The molecule has 2 rings (SSSR count). The van der Waals surface area contributed by atoms with Crippen molar-refractivity contribution in [3.63, 3.8) is 0 Å². The van der Waals surface area contributed by atoms with Gasteiger partial charge in [-0.1, -0.05) is 0 Å². The lowest BCUT2D eigenvalue weighted by Gasteiger charge is -2.29. The van der Waals surface area contributed by atoms with Crippen molar-refractivity contribution in [2.45, 2.75) is 26.7 Å². The molecule has 0 aromatic carbocycles. The molecule has 18 heavy (non-hydrogen) atoms. The fourth-order valence-corrected chi connectivity index (χ4v) is 3.17. The van der Waals surface area contributed by atoms with Gasteiger partial charge in [0.05, 0.1) is 5.92 Å². The Labute approximate surface area is 109 Å². The Morgan fingerprint density at radius 1 is 1.39 bits per heavy atom. The number of aliphatic carboxylic acids is 1. The normalized spacial score (nSPS) is 16.9. The Morgan fingerprint density at radius 2 is 2.00 bits per heavy atom. The Balaban J connectivity index is 2.08. The molecule has 1 aromatic rings. The van der Waals surface area contributed by atoms with Crippen LogP contribution in [0.15, 0.2) is 0 Å². The van der Waals surface area contributed by atoms with Crippen molar-refractivity contribution in [3.05, 3.63) is 10.6 Å². The van der Waals surface area contributed by atoms with Crippen molar-refractivity contribution in [1.29, 1.82) is 0 Å². The van der Waals surface area contributed by atoms with E-state index in [9.17, 15) is 9.59 Å². The summed E-state index contributed by atoms with van der Waals surface area (Å²) in [6.45, 7) is 4.80. The molecule has 1 aliphatic rings. The molecule has 1 aromatic heterocycles. The van der Waals surface area contributed by atoms with Crippen LogP contribution in [0.5, 0.6) is 0 Å². The molecule has 0 radical (unpaired) electrons. The summed E-state index contributed by atoms with van der Waals surface area (Å²) in [6, 6.07) is 0.